The second kappa shape index (κ2) is 8.12. The number of methoxy groups -OCH3 is 2. The Morgan fingerprint density at radius 2 is 1.69 bits per heavy atom. The van der Waals surface area contributed by atoms with Crippen molar-refractivity contribution in [2.75, 3.05) is 21.0 Å². The van der Waals surface area contributed by atoms with Gasteiger partial charge in [-0.2, -0.15) is 4.31 Å². The van der Waals surface area contributed by atoms with Gasteiger partial charge in [-0.25, -0.2) is 8.42 Å². The molecule has 8 heteroatoms. The van der Waals surface area contributed by atoms with Gasteiger partial charge in [0.25, 0.3) is 0 Å². The van der Waals surface area contributed by atoms with E-state index in [0.717, 1.165) is 31.2 Å². The minimum absolute atomic E-state index is 0.0291. The first-order valence-corrected chi connectivity index (χ1v) is 11.1. The van der Waals surface area contributed by atoms with Gasteiger partial charge in [0, 0.05) is 18.7 Å². The Labute approximate surface area is 171 Å². The summed E-state index contributed by atoms with van der Waals surface area (Å²) in [4.78, 5) is 0.197. The summed E-state index contributed by atoms with van der Waals surface area (Å²) in [5, 5.41) is 0. The number of fused-ring (bicyclic) bond motifs is 1. The van der Waals surface area contributed by atoms with E-state index in [1.807, 2.05) is 18.2 Å². The zero-order valence-electron chi connectivity index (χ0n) is 16.6. The highest BCUT2D eigenvalue weighted by atomic mass is 32.2. The summed E-state index contributed by atoms with van der Waals surface area (Å²) < 4.78 is 50.2. The fraction of sp³-hybridized carbons (Fsp3) is 0.429. The van der Waals surface area contributed by atoms with Crippen molar-refractivity contribution in [1.82, 2.24) is 4.31 Å². The average molecular weight is 419 g/mol. The third-order valence-electron chi connectivity index (χ3n) is 5.47. The van der Waals surface area contributed by atoms with Crippen LogP contribution >= 0.6 is 0 Å². The van der Waals surface area contributed by atoms with Gasteiger partial charge in [0.1, 0.15) is 0 Å². The third kappa shape index (κ3) is 3.86. The molecule has 29 heavy (non-hydrogen) atoms. The predicted octanol–water partition coefficient (Wildman–Crippen LogP) is 3.57. The van der Waals surface area contributed by atoms with Gasteiger partial charge < -0.3 is 18.9 Å². The van der Waals surface area contributed by atoms with Crippen molar-refractivity contribution in [2.45, 2.75) is 43.2 Å². The Bertz CT molecular complexity index is 985. The highest BCUT2D eigenvalue weighted by molar-refractivity contribution is 7.89. The molecule has 1 heterocycles. The largest absolute Gasteiger partial charge is 0.493 e. The Balaban J connectivity index is 1.69. The van der Waals surface area contributed by atoms with Crippen LogP contribution < -0.4 is 18.9 Å². The maximum Gasteiger partial charge on any atom is 0.243 e. The van der Waals surface area contributed by atoms with Crippen LogP contribution in [0.1, 0.15) is 31.2 Å². The second-order valence-electron chi connectivity index (χ2n) is 7.19. The Hall–Kier alpha value is -2.45. The molecule has 1 aliphatic carbocycles. The summed E-state index contributed by atoms with van der Waals surface area (Å²) >= 11 is 0. The van der Waals surface area contributed by atoms with E-state index in [1.54, 1.807) is 16.4 Å². The van der Waals surface area contributed by atoms with Crippen molar-refractivity contribution in [3.63, 3.8) is 0 Å². The first-order chi connectivity index (χ1) is 14.0. The molecule has 1 saturated carbocycles. The molecule has 0 saturated heterocycles. The van der Waals surface area contributed by atoms with E-state index in [0.29, 0.717) is 23.0 Å². The SMILES string of the molecule is COc1ccc(S(=O)(=O)N(Cc2ccc3c(c2)OCO3)C2CCCC2)cc1OC. The predicted molar refractivity (Wildman–Crippen MR) is 107 cm³/mol. The first-order valence-electron chi connectivity index (χ1n) is 9.65. The van der Waals surface area contributed by atoms with Crippen molar-refractivity contribution in [3.8, 4) is 23.0 Å². The topological polar surface area (TPSA) is 74.3 Å². The number of hydrogen-bond acceptors (Lipinski definition) is 6. The molecular weight excluding hydrogens is 394 g/mol. The Morgan fingerprint density at radius 1 is 0.966 bits per heavy atom. The van der Waals surface area contributed by atoms with Crippen molar-refractivity contribution in [3.05, 3.63) is 42.0 Å². The van der Waals surface area contributed by atoms with Crippen LogP contribution in [0, 0.1) is 0 Å². The van der Waals surface area contributed by atoms with Gasteiger partial charge >= 0.3 is 0 Å². The molecule has 7 nitrogen and oxygen atoms in total. The molecule has 0 atom stereocenters. The van der Waals surface area contributed by atoms with Crippen LogP contribution in [0.5, 0.6) is 23.0 Å². The molecule has 1 fully saturated rings. The van der Waals surface area contributed by atoms with Gasteiger partial charge in [-0.3, -0.25) is 0 Å². The number of benzene rings is 2. The van der Waals surface area contributed by atoms with E-state index in [-0.39, 0.29) is 24.3 Å². The minimum Gasteiger partial charge on any atom is -0.493 e. The molecule has 0 bridgehead atoms. The molecule has 4 rings (SSSR count). The zero-order valence-corrected chi connectivity index (χ0v) is 17.4. The van der Waals surface area contributed by atoms with Crippen LogP contribution in [0.25, 0.3) is 0 Å². The second-order valence-corrected chi connectivity index (χ2v) is 9.08. The summed E-state index contributed by atoms with van der Waals surface area (Å²) in [5.41, 5.74) is 0.866. The van der Waals surface area contributed by atoms with Gasteiger partial charge in [-0.05, 0) is 42.7 Å². The quantitative estimate of drug-likeness (QED) is 0.683. The molecule has 2 aromatic rings. The van der Waals surface area contributed by atoms with Crippen molar-refractivity contribution in [2.24, 2.45) is 0 Å². The third-order valence-corrected chi connectivity index (χ3v) is 7.36. The Kier molecular flexibility index (Phi) is 5.56. The maximum absolute atomic E-state index is 13.6. The lowest BCUT2D eigenvalue weighted by Crippen LogP contribution is -2.38. The number of rotatable bonds is 7. The molecule has 2 aromatic carbocycles. The normalized spacial score (nSPS) is 16.4. The first kappa shape index (κ1) is 19.8. The molecule has 0 aromatic heterocycles. The van der Waals surface area contributed by atoms with Gasteiger partial charge in [-0.1, -0.05) is 18.9 Å². The fourth-order valence-corrected chi connectivity index (χ4v) is 5.62. The lowest BCUT2D eigenvalue weighted by molar-refractivity contribution is 0.174. The summed E-state index contributed by atoms with van der Waals surface area (Å²) in [6.45, 7) is 0.465. The van der Waals surface area contributed by atoms with E-state index in [1.165, 1.54) is 20.3 Å². The number of nitrogens with zero attached hydrogens (tertiary/aromatic N) is 1. The summed E-state index contributed by atoms with van der Waals surface area (Å²) in [7, 11) is -0.709. The smallest absolute Gasteiger partial charge is 0.243 e. The van der Waals surface area contributed by atoms with E-state index in [9.17, 15) is 8.42 Å². The van der Waals surface area contributed by atoms with E-state index < -0.39 is 10.0 Å². The molecule has 0 radical (unpaired) electrons. The zero-order chi connectivity index (χ0) is 20.4. The molecule has 2 aliphatic rings. The molecule has 156 valence electrons. The van der Waals surface area contributed by atoms with Crippen molar-refractivity contribution in [1.29, 1.82) is 0 Å². The fourth-order valence-electron chi connectivity index (χ4n) is 3.93. The number of ether oxygens (including phenoxy) is 4. The summed E-state index contributed by atoms with van der Waals surface area (Å²) in [5.74, 6) is 2.22. The van der Waals surface area contributed by atoms with Crippen molar-refractivity contribution < 1.29 is 27.4 Å². The van der Waals surface area contributed by atoms with E-state index in [4.69, 9.17) is 18.9 Å². The maximum atomic E-state index is 13.6. The molecule has 1 aliphatic heterocycles. The molecule has 0 spiro atoms. The minimum atomic E-state index is -3.73. The van der Waals surface area contributed by atoms with Gasteiger partial charge in [-0.15, -0.1) is 0 Å². The standard InChI is InChI=1S/C21H25NO6S/c1-25-18-10-8-17(12-20(18)26-2)29(23,24)22(16-5-3-4-6-16)13-15-7-9-19-21(11-15)28-14-27-19/h7-12,16H,3-6,13-14H2,1-2H3. The molecule has 0 amide bonds. The Morgan fingerprint density at radius 3 is 2.41 bits per heavy atom. The summed E-state index contributed by atoms with van der Waals surface area (Å²) in [6.07, 6.45) is 3.78. The lowest BCUT2D eigenvalue weighted by Gasteiger charge is -2.28. The van der Waals surface area contributed by atoms with Crippen LogP contribution in [0.2, 0.25) is 0 Å². The van der Waals surface area contributed by atoms with Gasteiger partial charge in [0.15, 0.2) is 23.0 Å². The summed E-state index contributed by atoms with van der Waals surface area (Å²) in [6, 6.07) is 10.3. The van der Waals surface area contributed by atoms with Gasteiger partial charge in [0.2, 0.25) is 16.8 Å². The molecule has 0 N–H and O–H groups in total. The number of sulfonamides is 1. The lowest BCUT2D eigenvalue weighted by atomic mass is 10.1. The van der Waals surface area contributed by atoms with Crippen LogP contribution in [0.4, 0.5) is 0 Å². The molecule has 0 unspecified atom stereocenters. The van der Waals surface area contributed by atoms with E-state index in [2.05, 4.69) is 0 Å². The highest BCUT2D eigenvalue weighted by Crippen LogP contribution is 2.36. The van der Waals surface area contributed by atoms with Crippen LogP contribution in [-0.4, -0.2) is 39.8 Å². The van der Waals surface area contributed by atoms with Crippen LogP contribution in [0.3, 0.4) is 0 Å². The highest BCUT2D eigenvalue weighted by Gasteiger charge is 2.34. The average Bonchev–Trinajstić information content (AvgIpc) is 3.42. The van der Waals surface area contributed by atoms with Crippen LogP contribution in [-0.2, 0) is 16.6 Å². The number of hydrogen-bond donors (Lipinski definition) is 0. The van der Waals surface area contributed by atoms with E-state index >= 15 is 0 Å². The van der Waals surface area contributed by atoms with Crippen LogP contribution in [0.15, 0.2) is 41.3 Å². The monoisotopic (exact) mass is 419 g/mol. The van der Waals surface area contributed by atoms with Crippen molar-refractivity contribution >= 4 is 10.0 Å². The van der Waals surface area contributed by atoms with Gasteiger partial charge in [0.05, 0.1) is 19.1 Å². The molecular formula is C21H25NO6S.